The molecule has 2 aromatic rings. The van der Waals surface area contributed by atoms with Crippen LogP contribution in [0.5, 0.6) is 5.75 Å². The molecule has 3 rings (SSSR count). The molecule has 1 unspecified atom stereocenters. The second-order valence-electron chi connectivity index (χ2n) is 5.35. The molecule has 6 heteroatoms. The van der Waals surface area contributed by atoms with Crippen molar-refractivity contribution in [3.63, 3.8) is 0 Å². The van der Waals surface area contributed by atoms with Crippen molar-refractivity contribution in [3.05, 3.63) is 58.3 Å². The Bertz CT molecular complexity index is 708. The number of amides is 1. The predicted molar refractivity (Wildman–Crippen MR) is 91.6 cm³/mol. The summed E-state index contributed by atoms with van der Waals surface area (Å²) in [4.78, 5) is 18.9. The van der Waals surface area contributed by atoms with Crippen LogP contribution in [0.25, 0.3) is 0 Å². The molecule has 1 fully saturated rings. The fourth-order valence-electron chi connectivity index (χ4n) is 2.86. The number of para-hydroxylation sites is 1. The Morgan fingerprint density at radius 2 is 2.22 bits per heavy atom. The highest BCUT2D eigenvalue weighted by atomic mass is 79.9. The van der Waals surface area contributed by atoms with Crippen LogP contribution in [0.1, 0.15) is 22.0 Å². The summed E-state index contributed by atoms with van der Waals surface area (Å²) in [5.74, 6) is 0.780. The summed E-state index contributed by atoms with van der Waals surface area (Å²) in [5, 5.41) is 3.36. The third kappa shape index (κ3) is 3.38. The first-order valence-corrected chi connectivity index (χ1v) is 8.25. The molecule has 1 aliphatic heterocycles. The van der Waals surface area contributed by atoms with Crippen molar-refractivity contribution in [2.45, 2.75) is 6.04 Å². The molecule has 1 aromatic carbocycles. The van der Waals surface area contributed by atoms with Gasteiger partial charge in [-0.3, -0.25) is 9.78 Å². The Kier molecular flexibility index (Phi) is 4.93. The highest BCUT2D eigenvalue weighted by Crippen LogP contribution is 2.31. The Labute approximate surface area is 143 Å². The van der Waals surface area contributed by atoms with E-state index in [1.54, 1.807) is 25.6 Å². The number of ether oxygens (including phenoxy) is 1. The lowest BCUT2D eigenvalue weighted by molar-refractivity contribution is 0.0631. The van der Waals surface area contributed by atoms with E-state index in [4.69, 9.17) is 4.74 Å². The van der Waals surface area contributed by atoms with Crippen LogP contribution in [0, 0.1) is 0 Å². The van der Waals surface area contributed by atoms with Gasteiger partial charge in [-0.1, -0.05) is 18.2 Å². The summed E-state index contributed by atoms with van der Waals surface area (Å²) in [7, 11) is 1.65. The van der Waals surface area contributed by atoms with Gasteiger partial charge in [0.25, 0.3) is 5.91 Å². The van der Waals surface area contributed by atoms with Crippen LogP contribution in [0.3, 0.4) is 0 Å². The summed E-state index contributed by atoms with van der Waals surface area (Å²) in [6.45, 7) is 2.13. The number of halogens is 1. The first-order valence-electron chi connectivity index (χ1n) is 7.46. The van der Waals surface area contributed by atoms with Crippen molar-refractivity contribution >= 4 is 21.8 Å². The molecule has 0 radical (unpaired) electrons. The molecule has 1 aliphatic rings. The molecule has 120 valence electrons. The van der Waals surface area contributed by atoms with E-state index in [2.05, 4.69) is 26.2 Å². The molecule has 1 aromatic heterocycles. The molecular weight excluding hydrogens is 358 g/mol. The molecule has 1 saturated heterocycles. The molecule has 0 saturated carbocycles. The normalized spacial score (nSPS) is 17.8. The minimum Gasteiger partial charge on any atom is -0.496 e. The third-order valence-electron chi connectivity index (χ3n) is 3.95. The molecular formula is C17H18BrN3O2. The lowest BCUT2D eigenvalue weighted by Gasteiger charge is -2.37. The highest BCUT2D eigenvalue weighted by Gasteiger charge is 2.30. The quantitative estimate of drug-likeness (QED) is 0.895. The molecule has 0 aliphatic carbocycles. The highest BCUT2D eigenvalue weighted by molar-refractivity contribution is 9.10. The van der Waals surface area contributed by atoms with Crippen molar-refractivity contribution in [2.75, 3.05) is 26.7 Å². The number of carbonyl (C=O) groups is 1. The van der Waals surface area contributed by atoms with Crippen molar-refractivity contribution < 1.29 is 9.53 Å². The minimum atomic E-state index is -0.0635. The predicted octanol–water partition coefficient (Wildman–Crippen LogP) is 2.64. The summed E-state index contributed by atoms with van der Waals surface area (Å²) in [6, 6.07) is 9.57. The number of pyridine rings is 1. The van der Waals surface area contributed by atoms with Crippen molar-refractivity contribution in [2.24, 2.45) is 0 Å². The lowest BCUT2D eigenvalue weighted by atomic mass is 10.0. The molecule has 23 heavy (non-hydrogen) atoms. The number of benzene rings is 1. The third-order valence-corrected chi connectivity index (χ3v) is 4.39. The number of hydrogen-bond acceptors (Lipinski definition) is 4. The smallest absolute Gasteiger partial charge is 0.256 e. The summed E-state index contributed by atoms with van der Waals surface area (Å²) < 4.78 is 6.26. The molecule has 0 bridgehead atoms. The Morgan fingerprint density at radius 1 is 1.39 bits per heavy atom. The van der Waals surface area contributed by atoms with Crippen LogP contribution in [-0.4, -0.2) is 42.5 Å². The van der Waals surface area contributed by atoms with Gasteiger partial charge in [0, 0.05) is 42.1 Å². The lowest BCUT2D eigenvalue weighted by Crippen LogP contribution is -2.48. The van der Waals surface area contributed by atoms with Gasteiger partial charge < -0.3 is 15.0 Å². The van der Waals surface area contributed by atoms with Crippen LogP contribution in [0.4, 0.5) is 0 Å². The van der Waals surface area contributed by atoms with Gasteiger partial charge in [-0.2, -0.15) is 0 Å². The van der Waals surface area contributed by atoms with Gasteiger partial charge in [-0.05, 0) is 28.1 Å². The van der Waals surface area contributed by atoms with Crippen LogP contribution < -0.4 is 10.1 Å². The molecule has 2 heterocycles. The number of piperazine rings is 1. The van der Waals surface area contributed by atoms with Gasteiger partial charge in [-0.15, -0.1) is 0 Å². The fraction of sp³-hybridized carbons (Fsp3) is 0.294. The Hall–Kier alpha value is -1.92. The zero-order chi connectivity index (χ0) is 16.2. The number of rotatable bonds is 3. The van der Waals surface area contributed by atoms with Gasteiger partial charge in [0.1, 0.15) is 5.75 Å². The number of carbonyl (C=O) groups excluding carboxylic acids is 1. The zero-order valence-corrected chi connectivity index (χ0v) is 14.4. The van der Waals surface area contributed by atoms with Gasteiger partial charge in [0.2, 0.25) is 0 Å². The van der Waals surface area contributed by atoms with E-state index < -0.39 is 0 Å². The largest absolute Gasteiger partial charge is 0.496 e. The van der Waals surface area contributed by atoms with Crippen LogP contribution >= 0.6 is 15.9 Å². The zero-order valence-electron chi connectivity index (χ0n) is 12.8. The number of hydrogen-bond donors (Lipinski definition) is 1. The Morgan fingerprint density at radius 3 is 3.00 bits per heavy atom. The van der Waals surface area contributed by atoms with E-state index in [0.29, 0.717) is 18.7 Å². The van der Waals surface area contributed by atoms with Crippen LogP contribution in [-0.2, 0) is 0 Å². The standard InChI is InChI=1S/C17H18BrN3O2/c1-23-16-5-3-2-4-14(16)15-11-19-6-7-21(15)17(22)12-8-13(18)10-20-9-12/h2-5,8-10,15,19H,6-7,11H2,1H3. The van der Waals surface area contributed by atoms with Crippen molar-refractivity contribution in [1.29, 1.82) is 0 Å². The Balaban J connectivity index is 1.94. The van der Waals surface area contributed by atoms with Crippen molar-refractivity contribution in [1.82, 2.24) is 15.2 Å². The monoisotopic (exact) mass is 375 g/mol. The average molecular weight is 376 g/mol. The van der Waals surface area contributed by atoms with Gasteiger partial charge in [-0.25, -0.2) is 0 Å². The molecule has 5 nitrogen and oxygen atoms in total. The molecule has 1 N–H and O–H groups in total. The SMILES string of the molecule is COc1ccccc1C1CNCCN1C(=O)c1cncc(Br)c1. The van der Waals surface area contributed by atoms with E-state index in [1.165, 1.54) is 0 Å². The fourth-order valence-corrected chi connectivity index (χ4v) is 3.23. The summed E-state index contributed by atoms with van der Waals surface area (Å²) in [5.41, 5.74) is 1.60. The van der Waals surface area contributed by atoms with Crippen LogP contribution in [0.2, 0.25) is 0 Å². The maximum Gasteiger partial charge on any atom is 0.256 e. The number of methoxy groups -OCH3 is 1. The van der Waals surface area contributed by atoms with E-state index in [0.717, 1.165) is 22.3 Å². The number of nitrogens with zero attached hydrogens (tertiary/aromatic N) is 2. The second kappa shape index (κ2) is 7.10. The maximum absolute atomic E-state index is 12.9. The number of nitrogens with one attached hydrogen (secondary N) is 1. The molecule has 0 spiro atoms. The summed E-state index contributed by atoms with van der Waals surface area (Å²) in [6.07, 6.45) is 3.28. The molecule has 1 atom stereocenters. The van der Waals surface area contributed by atoms with E-state index >= 15 is 0 Å². The number of aromatic nitrogens is 1. The van der Waals surface area contributed by atoms with Crippen LogP contribution in [0.15, 0.2) is 47.2 Å². The van der Waals surface area contributed by atoms with Crippen molar-refractivity contribution in [3.8, 4) is 5.75 Å². The minimum absolute atomic E-state index is 0.0174. The topological polar surface area (TPSA) is 54.5 Å². The average Bonchev–Trinajstić information content (AvgIpc) is 2.61. The maximum atomic E-state index is 12.9. The van der Waals surface area contributed by atoms with E-state index in [9.17, 15) is 4.79 Å². The van der Waals surface area contributed by atoms with Gasteiger partial charge in [0.05, 0.1) is 18.7 Å². The van der Waals surface area contributed by atoms with Gasteiger partial charge >= 0.3 is 0 Å². The first kappa shape index (κ1) is 16.0. The van der Waals surface area contributed by atoms with E-state index in [1.807, 2.05) is 29.2 Å². The van der Waals surface area contributed by atoms with E-state index in [-0.39, 0.29) is 11.9 Å². The molecule has 1 amide bonds. The van der Waals surface area contributed by atoms with Gasteiger partial charge in [0.15, 0.2) is 0 Å². The summed E-state index contributed by atoms with van der Waals surface area (Å²) >= 11 is 3.37. The first-order chi connectivity index (χ1) is 11.2. The second-order valence-corrected chi connectivity index (χ2v) is 6.27.